The molecule has 1 atom stereocenters. The predicted octanol–water partition coefficient (Wildman–Crippen LogP) is 4.11. The average Bonchev–Trinajstić information content (AvgIpc) is 2.37. The molecule has 0 aliphatic heterocycles. The second-order valence-corrected chi connectivity index (χ2v) is 6.95. The minimum atomic E-state index is -1.62. The van der Waals surface area contributed by atoms with Crippen LogP contribution in [0, 0.1) is 0 Å². The first-order chi connectivity index (χ1) is 9.29. The summed E-state index contributed by atoms with van der Waals surface area (Å²) in [6, 6.07) is 6.60. The summed E-state index contributed by atoms with van der Waals surface area (Å²) in [4.78, 5) is 14.1. The molecule has 0 heterocycles. The monoisotopic (exact) mass is 356 g/mol. The summed E-state index contributed by atoms with van der Waals surface area (Å²) in [6.45, 7) is 5.15. The van der Waals surface area contributed by atoms with Crippen molar-refractivity contribution in [1.82, 2.24) is 10.2 Å². The van der Waals surface area contributed by atoms with Gasteiger partial charge in [-0.1, -0.05) is 66.3 Å². The van der Waals surface area contributed by atoms with E-state index in [0.717, 1.165) is 0 Å². The average molecular weight is 358 g/mol. The number of rotatable bonds is 5. The first-order valence-electron chi connectivity index (χ1n) is 6.16. The molecule has 0 fully saturated rings. The lowest BCUT2D eigenvalue weighted by Gasteiger charge is -2.35. The van der Waals surface area contributed by atoms with Gasteiger partial charge in [0.2, 0.25) is 3.79 Å². The molecule has 1 N–H and O–H groups in total. The Labute approximate surface area is 139 Å². The summed E-state index contributed by atoms with van der Waals surface area (Å²) in [6.07, 6.45) is -0.714. The summed E-state index contributed by atoms with van der Waals surface area (Å²) < 4.78 is -1.62. The number of hydrogen-bond donors (Lipinski definition) is 1. The topological polar surface area (TPSA) is 32.3 Å². The Kier molecular flexibility index (Phi) is 6.89. The summed E-state index contributed by atoms with van der Waals surface area (Å²) in [5, 5.41) is 3.21. The summed E-state index contributed by atoms with van der Waals surface area (Å²) in [7, 11) is 0. The molecule has 1 rings (SSSR count). The largest absolute Gasteiger partial charge is 0.332 e. The number of nitrogens with zero attached hydrogens (tertiary/aromatic N) is 1. The Morgan fingerprint density at radius 3 is 2.35 bits per heavy atom. The van der Waals surface area contributed by atoms with Gasteiger partial charge in [-0.05, 0) is 31.3 Å². The first-order valence-corrected chi connectivity index (χ1v) is 7.68. The number of hydrogen-bond acceptors (Lipinski definition) is 2. The lowest BCUT2D eigenvalue weighted by molar-refractivity contribution is 0.0862. The van der Waals surface area contributed by atoms with Gasteiger partial charge in [-0.3, -0.25) is 9.69 Å². The number of carbonyl (C=O) groups excluding carboxylic acids is 1. The van der Waals surface area contributed by atoms with Crippen LogP contribution in [0.1, 0.15) is 24.2 Å². The van der Waals surface area contributed by atoms with Crippen molar-refractivity contribution in [3.05, 3.63) is 34.9 Å². The number of alkyl halides is 3. The van der Waals surface area contributed by atoms with Gasteiger partial charge in [0, 0.05) is 10.6 Å². The highest BCUT2D eigenvalue weighted by Crippen LogP contribution is 2.32. The van der Waals surface area contributed by atoms with E-state index in [1.807, 2.05) is 18.7 Å². The number of carbonyl (C=O) groups is 1. The molecule has 3 nitrogen and oxygen atoms in total. The number of halogens is 4. The fraction of sp³-hybridized carbons (Fsp3) is 0.462. The third-order valence-corrected chi connectivity index (χ3v) is 3.70. The van der Waals surface area contributed by atoms with Crippen molar-refractivity contribution < 1.29 is 4.79 Å². The second-order valence-electron chi connectivity index (χ2n) is 4.15. The molecule has 20 heavy (non-hydrogen) atoms. The lowest BCUT2D eigenvalue weighted by Crippen LogP contribution is -2.55. The third-order valence-electron chi connectivity index (χ3n) is 2.84. The molecule has 0 aliphatic rings. The van der Waals surface area contributed by atoms with Crippen LogP contribution in [-0.4, -0.2) is 33.9 Å². The molecule has 1 unspecified atom stereocenters. The molecule has 0 aliphatic carbocycles. The van der Waals surface area contributed by atoms with Gasteiger partial charge < -0.3 is 5.32 Å². The third kappa shape index (κ3) is 4.97. The zero-order valence-electron chi connectivity index (χ0n) is 11.2. The van der Waals surface area contributed by atoms with E-state index in [1.54, 1.807) is 24.3 Å². The van der Waals surface area contributed by atoms with Crippen LogP contribution in [0.15, 0.2) is 24.3 Å². The Morgan fingerprint density at radius 2 is 1.90 bits per heavy atom. The van der Waals surface area contributed by atoms with Gasteiger partial charge in [-0.2, -0.15) is 0 Å². The van der Waals surface area contributed by atoms with Crippen molar-refractivity contribution in [3.8, 4) is 0 Å². The zero-order valence-corrected chi connectivity index (χ0v) is 14.2. The van der Waals surface area contributed by atoms with E-state index in [2.05, 4.69) is 5.32 Å². The maximum absolute atomic E-state index is 12.2. The van der Waals surface area contributed by atoms with E-state index >= 15 is 0 Å². The summed E-state index contributed by atoms with van der Waals surface area (Å²) >= 11 is 23.8. The normalized spacial score (nSPS) is 13.3. The molecule has 0 bridgehead atoms. The molecule has 1 aromatic carbocycles. The van der Waals surface area contributed by atoms with Crippen LogP contribution >= 0.6 is 46.4 Å². The van der Waals surface area contributed by atoms with Gasteiger partial charge >= 0.3 is 0 Å². The quantitative estimate of drug-likeness (QED) is 0.635. The predicted molar refractivity (Wildman–Crippen MR) is 85.9 cm³/mol. The van der Waals surface area contributed by atoms with Crippen molar-refractivity contribution >= 4 is 52.3 Å². The molecule has 1 aromatic rings. The van der Waals surface area contributed by atoms with Crippen LogP contribution in [-0.2, 0) is 0 Å². The van der Waals surface area contributed by atoms with E-state index in [9.17, 15) is 4.79 Å². The van der Waals surface area contributed by atoms with Gasteiger partial charge in [0.1, 0.15) is 6.17 Å². The van der Waals surface area contributed by atoms with Gasteiger partial charge in [0.25, 0.3) is 5.91 Å². The van der Waals surface area contributed by atoms with E-state index in [1.165, 1.54) is 0 Å². The maximum atomic E-state index is 12.2. The molecule has 0 spiro atoms. The SMILES string of the molecule is CCN(CC)C(NC(=O)c1cccc(Cl)c1)C(Cl)(Cl)Cl. The van der Waals surface area contributed by atoms with E-state index in [-0.39, 0.29) is 5.91 Å². The Bertz CT molecular complexity index is 458. The highest BCUT2D eigenvalue weighted by molar-refractivity contribution is 6.68. The minimum Gasteiger partial charge on any atom is -0.332 e. The fourth-order valence-corrected chi connectivity index (χ4v) is 2.57. The van der Waals surface area contributed by atoms with Crippen molar-refractivity contribution in [1.29, 1.82) is 0 Å². The molecule has 0 radical (unpaired) electrons. The highest BCUT2D eigenvalue weighted by atomic mass is 35.6. The Balaban J connectivity index is 2.93. The van der Waals surface area contributed by atoms with Crippen molar-refractivity contribution in [2.24, 2.45) is 0 Å². The Morgan fingerprint density at radius 1 is 1.30 bits per heavy atom. The highest BCUT2D eigenvalue weighted by Gasteiger charge is 2.37. The second kappa shape index (κ2) is 7.71. The van der Waals surface area contributed by atoms with Crippen LogP contribution in [0.25, 0.3) is 0 Å². The molecule has 0 saturated carbocycles. The molecular weight excluding hydrogens is 342 g/mol. The standard InChI is InChI=1S/C13H16Cl4N2O/c1-3-19(4-2)12(13(15,16)17)18-11(20)9-6-5-7-10(14)8-9/h5-8,12H,3-4H2,1-2H3,(H,18,20). The van der Waals surface area contributed by atoms with Crippen molar-refractivity contribution in [2.75, 3.05) is 13.1 Å². The van der Waals surface area contributed by atoms with E-state index < -0.39 is 9.96 Å². The fourth-order valence-electron chi connectivity index (χ4n) is 1.81. The molecular formula is C13H16Cl4N2O. The smallest absolute Gasteiger partial charge is 0.252 e. The molecule has 0 aromatic heterocycles. The van der Waals surface area contributed by atoms with Gasteiger partial charge in [-0.25, -0.2) is 0 Å². The molecule has 1 amide bonds. The maximum Gasteiger partial charge on any atom is 0.252 e. The zero-order chi connectivity index (χ0) is 15.3. The molecule has 112 valence electrons. The number of benzene rings is 1. The minimum absolute atomic E-state index is 0.337. The van der Waals surface area contributed by atoms with Gasteiger partial charge in [0.05, 0.1) is 0 Å². The van der Waals surface area contributed by atoms with E-state index in [4.69, 9.17) is 46.4 Å². The molecule has 0 saturated heterocycles. The Hall–Kier alpha value is -0.190. The number of nitrogens with one attached hydrogen (secondary N) is 1. The van der Waals surface area contributed by atoms with Crippen LogP contribution in [0.5, 0.6) is 0 Å². The number of amides is 1. The van der Waals surface area contributed by atoms with Crippen molar-refractivity contribution in [2.45, 2.75) is 23.8 Å². The lowest BCUT2D eigenvalue weighted by atomic mass is 10.2. The molecule has 7 heteroatoms. The van der Waals surface area contributed by atoms with Crippen LogP contribution in [0.3, 0.4) is 0 Å². The van der Waals surface area contributed by atoms with Crippen LogP contribution in [0.4, 0.5) is 0 Å². The van der Waals surface area contributed by atoms with Crippen LogP contribution < -0.4 is 5.32 Å². The van der Waals surface area contributed by atoms with Gasteiger partial charge in [-0.15, -0.1) is 0 Å². The van der Waals surface area contributed by atoms with Crippen LogP contribution in [0.2, 0.25) is 5.02 Å². The van der Waals surface area contributed by atoms with Crippen molar-refractivity contribution in [3.63, 3.8) is 0 Å². The summed E-state index contributed by atoms with van der Waals surface area (Å²) in [5.41, 5.74) is 0.420. The van der Waals surface area contributed by atoms with E-state index in [0.29, 0.717) is 23.7 Å². The first kappa shape index (κ1) is 17.9. The summed E-state index contributed by atoms with van der Waals surface area (Å²) in [5.74, 6) is -0.337. The van der Waals surface area contributed by atoms with Gasteiger partial charge in [0.15, 0.2) is 0 Å².